The van der Waals surface area contributed by atoms with Crippen LogP contribution in [0.2, 0.25) is 0 Å². The van der Waals surface area contributed by atoms with Gasteiger partial charge in [-0.3, -0.25) is 0 Å². The number of nitrogen functional groups attached to an aromatic ring is 1. The molecule has 0 aliphatic rings. The maximum absolute atomic E-state index is 12.8. The Morgan fingerprint density at radius 3 is 2.54 bits per heavy atom. The molecular weight excluding hydrogens is 185 g/mol. The van der Waals surface area contributed by atoms with Gasteiger partial charge in [0.2, 0.25) is 5.95 Å². The van der Waals surface area contributed by atoms with Crippen LogP contribution in [-0.4, -0.2) is 10.1 Å². The van der Waals surface area contributed by atoms with E-state index in [-0.39, 0.29) is 5.69 Å². The van der Waals surface area contributed by atoms with E-state index in [2.05, 4.69) is 4.98 Å². The van der Waals surface area contributed by atoms with Crippen LogP contribution in [0.1, 0.15) is 17.7 Å². The first-order chi connectivity index (χ1) is 6.06. The van der Waals surface area contributed by atoms with Crippen LogP contribution in [0, 0.1) is 5.95 Å². The molecule has 0 saturated carbocycles. The number of pyridine rings is 1. The molecule has 0 radical (unpaired) electrons. The summed E-state index contributed by atoms with van der Waals surface area (Å²) in [6.07, 6.45) is -3.00. The van der Waals surface area contributed by atoms with E-state index in [0.717, 1.165) is 6.07 Å². The fourth-order valence-corrected chi connectivity index (χ4v) is 0.892. The van der Waals surface area contributed by atoms with Crippen molar-refractivity contribution in [3.63, 3.8) is 0 Å². The molecule has 1 aromatic heterocycles. The van der Waals surface area contributed by atoms with Crippen molar-refractivity contribution >= 4 is 5.69 Å². The molecule has 0 saturated heterocycles. The molecular formula is C7H7F3N2O. The van der Waals surface area contributed by atoms with Gasteiger partial charge in [0.15, 0.2) is 0 Å². The lowest BCUT2D eigenvalue weighted by atomic mass is 10.2. The van der Waals surface area contributed by atoms with E-state index in [1.54, 1.807) is 0 Å². The van der Waals surface area contributed by atoms with Gasteiger partial charge in [-0.15, -0.1) is 0 Å². The topological polar surface area (TPSA) is 59.1 Å². The molecule has 0 bridgehead atoms. The predicted octanol–water partition coefficient (Wildman–Crippen LogP) is 1.23. The zero-order valence-electron chi connectivity index (χ0n) is 6.47. The summed E-state index contributed by atoms with van der Waals surface area (Å²) in [6, 6.07) is 1.02. The summed E-state index contributed by atoms with van der Waals surface area (Å²) in [5, 5.41) is 8.54. The third-order valence-corrected chi connectivity index (χ3v) is 1.48. The van der Waals surface area contributed by atoms with Crippen molar-refractivity contribution in [3.05, 3.63) is 23.3 Å². The number of anilines is 1. The number of rotatable bonds is 2. The van der Waals surface area contributed by atoms with Gasteiger partial charge in [0.05, 0.1) is 17.9 Å². The van der Waals surface area contributed by atoms with E-state index in [1.807, 2.05) is 0 Å². The highest BCUT2D eigenvalue weighted by Gasteiger charge is 2.19. The van der Waals surface area contributed by atoms with Crippen molar-refractivity contribution in [2.24, 2.45) is 0 Å². The van der Waals surface area contributed by atoms with Crippen LogP contribution < -0.4 is 5.73 Å². The summed E-state index contributed by atoms with van der Waals surface area (Å²) in [7, 11) is 0. The van der Waals surface area contributed by atoms with Gasteiger partial charge in [0.1, 0.15) is 0 Å². The quantitative estimate of drug-likeness (QED) is 0.693. The Labute approximate surface area is 72.0 Å². The fourth-order valence-electron chi connectivity index (χ4n) is 0.892. The van der Waals surface area contributed by atoms with Crippen LogP contribution in [0.15, 0.2) is 6.07 Å². The molecule has 0 aliphatic carbocycles. The van der Waals surface area contributed by atoms with Gasteiger partial charge < -0.3 is 10.8 Å². The minimum atomic E-state index is -3.00. The van der Waals surface area contributed by atoms with Crippen molar-refractivity contribution in [3.8, 4) is 0 Å². The summed E-state index contributed by atoms with van der Waals surface area (Å²) in [5.41, 5.74) is 3.74. The predicted molar refractivity (Wildman–Crippen MR) is 39.5 cm³/mol. The smallest absolute Gasteiger partial charge is 0.270 e. The largest absolute Gasteiger partial charge is 0.398 e. The number of aliphatic hydroxyl groups excluding tert-OH is 1. The second-order valence-electron chi connectivity index (χ2n) is 2.37. The van der Waals surface area contributed by atoms with E-state index < -0.39 is 30.2 Å². The lowest BCUT2D eigenvalue weighted by Crippen LogP contribution is -2.04. The summed E-state index contributed by atoms with van der Waals surface area (Å²) in [6.45, 7) is -0.537. The van der Waals surface area contributed by atoms with Gasteiger partial charge >= 0.3 is 0 Å². The monoisotopic (exact) mass is 192 g/mol. The molecule has 0 aromatic carbocycles. The Morgan fingerprint density at radius 1 is 1.54 bits per heavy atom. The van der Waals surface area contributed by atoms with Gasteiger partial charge in [-0.05, 0) is 6.07 Å². The third-order valence-electron chi connectivity index (χ3n) is 1.48. The van der Waals surface area contributed by atoms with Crippen molar-refractivity contribution in [1.82, 2.24) is 4.98 Å². The lowest BCUT2D eigenvalue weighted by molar-refractivity contribution is 0.145. The van der Waals surface area contributed by atoms with E-state index >= 15 is 0 Å². The number of nitrogens with zero attached hydrogens (tertiary/aromatic N) is 1. The molecule has 3 nitrogen and oxygen atoms in total. The summed E-state index contributed by atoms with van der Waals surface area (Å²) >= 11 is 0. The maximum atomic E-state index is 12.8. The second kappa shape index (κ2) is 3.61. The minimum absolute atomic E-state index is 0.0700. The van der Waals surface area contributed by atoms with Crippen molar-refractivity contribution in [1.29, 1.82) is 0 Å². The highest BCUT2D eigenvalue weighted by Crippen LogP contribution is 2.27. The number of hydrogen-bond acceptors (Lipinski definition) is 3. The zero-order valence-corrected chi connectivity index (χ0v) is 6.47. The Bertz CT molecular complexity index is 294. The molecule has 0 spiro atoms. The number of halogens is 3. The summed E-state index contributed by atoms with van der Waals surface area (Å²) in [5.74, 6) is -1.33. The van der Waals surface area contributed by atoms with E-state index in [1.165, 1.54) is 0 Å². The third kappa shape index (κ3) is 1.89. The molecule has 0 amide bonds. The zero-order chi connectivity index (χ0) is 10.0. The lowest BCUT2D eigenvalue weighted by Gasteiger charge is -2.06. The van der Waals surface area contributed by atoms with E-state index in [4.69, 9.17) is 10.8 Å². The standard InChI is InChI=1S/C7H7F3N2O/c8-6(9)5-4(11)1-3(2-13)12-7(5)10/h1,6,13H,2H2,(H2,11,12). The first-order valence-electron chi connectivity index (χ1n) is 3.40. The van der Waals surface area contributed by atoms with Gasteiger partial charge in [-0.2, -0.15) is 4.39 Å². The number of nitrogens with two attached hydrogens (primary N) is 1. The molecule has 13 heavy (non-hydrogen) atoms. The first-order valence-corrected chi connectivity index (χ1v) is 3.40. The molecule has 0 atom stereocenters. The minimum Gasteiger partial charge on any atom is -0.398 e. The fraction of sp³-hybridized carbons (Fsp3) is 0.286. The van der Waals surface area contributed by atoms with Crippen LogP contribution in [0.4, 0.5) is 18.9 Å². The van der Waals surface area contributed by atoms with Gasteiger partial charge in [-0.25, -0.2) is 13.8 Å². The molecule has 1 heterocycles. The Kier molecular flexibility index (Phi) is 2.72. The number of hydrogen-bond donors (Lipinski definition) is 2. The Hall–Kier alpha value is -1.30. The van der Waals surface area contributed by atoms with E-state index in [9.17, 15) is 13.2 Å². The molecule has 0 unspecified atom stereocenters. The molecule has 3 N–H and O–H groups in total. The summed E-state index contributed by atoms with van der Waals surface area (Å²) < 4.78 is 37.0. The SMILES string of the molecule is Nc1cc(CO)nc(F)c1C(F)F. The second-order valence-corrected chi connectivity index (χ2v) is 2.37. The average Bonchev–Trinajstić information content (AvgIpc) is 2.02. The van der Waals surface area contributed by atoms with Crippen molar-refractivity contribution in [2.45, 2.75) is 13.0 Å². The van der Waals surface area contributed by atoms with E-state index in [0.29, 0.717) is 0 Å². The molecule has 1 aromatic rings. The molecule has 6 heteroatoms. The van der Waals surface area contributed by atoms with Gasteiger partial charge in [0, 0.05) is 5.69 Å². The van der Waals surface area contributed by atoms with Gasteiger partial charge in [-0.1, -0.05) is 0 Å². The van der Waals surface area contributed by atoms with Crippen LogP contribution in [0.5, 0.6) is 0 Å². The number of aromatic nitrogens is 1. The van der Waals surface area contributed by atoms with Crippen LogP contribution >= 0.6 is 0 Å². The highest BCUT2D eigenvalue weighted by molar-refractivity contribution is 5.47. The number of alkyl halides is 2. The number of aliphatic hydroxyl groups is 1. The molecule has 0 aliphatic heterocycles. The normalized spacial score (nSPS) is 10.8. The molecule has 1 rings (SSSR count). The van der Waals surface area contributed by atoms with Crippen molar-refractivity contribution in [2.75, 3.05) is 5.73 Å². The Balaban J connectivity index is 3.23. The highest BCUT2D eigenvalue weighted by atomic mass is 19.3. The first kappa shape index (κ1) is 9.79. The average molecular weight is 192 g/mol. The molecule has 72 valence electrons. The summed E-state index contributed by atoms with van der Waals surface area (Å²) in [4.78, 5) is 3.10. The van der Waals surface area contributed by atoms with Gasteiger partial charge in [0.25, 0.3) is 6.43 Å². The van der Waals surface area contributed by atoms with Crippen LogP contribution in [0.25, 0.3) is 0 Å². The maximum Gasteiger partial charge on any atom is 0.270 e. The molecule has 0 fully saturated rings. The Morgan fingerprint density at radius 2 is 2.15 bits per heavy atom. The van der Waals surface area contributed by atoms with Crippen LogP contribution in [-0.2, 0) is 6.61 Å². The van der Waals surface area contributed by atoms with Crippen LogP contribution in [0.3, 0.4) is 0 Å². The van der Waals surface area contributed by atoms with Crippen molar-refractivity contribution < 1.29 is 18.3 Å².